The van der Waals surface area contributed by atoms with Crippen molar-refractivity contribution in [2.24, 2.45) is 5.92 Å². The zero-order valence-electron chi connectivity index (χ0n) is 12.1. The molecule has 2 N–H and O–H groups in total. The van der Waals surface area contributed by atoms with E-state index in [2.05, 4.69) is 20.8 Å². The fourth-order valence-electron chi connectivity index (χ4n) is 2.37. The number of aromatic hydroxyl groups is 1. The number of benzene rings is 1. The second kappa shape index (κ2) is 7.64. The van der Waals surface area contributed by atoms with Gasteiger partial charge in [-0.3, -0.25) is 9.69 Å². The predicted molar refractivity (Wildman–Crippen MR) is 82.9 cm³/mol. The summed E-state index contributed by atoms with van der Waals surface area (Å²) in [6.07, 6.45) is 0.810. The van der Waals surface area contributed by atoms with Crippen LogP contribution >= 0.6 is 15.9 Å². The number of nitrogens with zero attached hydrogens (tertiary/aromatic N) is 1. The predicted octanol–water partition coefficient (Wildman–Crippen LogP) is 3.65. The van der Waals surface area contributed by atoms with E-state index >= 15 is 0 Å². The molecule has 0 saturated carbocycles. The zero-order chi connectivity index (χ0) is 15.3. The molecular formula is C15H22BrNO3. The first-order valence-electron chi connectivity index (χ1n) is 6.85. The Bertz CT molecular complexity index is 464. The summed E-state index contributed by atoms with van der Waals surface area (Å²) < 4.78 is 0.908. The van der Waals surface area contributed by atoms with Gasteiger partial charge in [0.2, 0.25) is 0 Å². The van der Waals surface area contributed by atoms with Gasteiger partial charge in [0, 0.05) is 22.6 Å². The third kappa shape index (κ3) is 4.21. The molecule has 0 aliphatic rings. The molecule has 1 rings (SSSR count). The molecule has 5 heteroatoms. The molecular weight excluding hydrogens is 322 g/mol. The van der Waals surface area contributed by atoms with E-state index in [9.17, 15) is 9.90 Å². The number of aliphatic carboxylic acids is 1. The molecule has 0 amide bonds. The number of halogens is 1. The average molecular weight is 344 g/mol. The molecule has 0 heterocycles. The quantitative estimate of drug-likeness (QED) is 0.793. The van der Waals surface area contributed by atoms with Crippen LogP contribution < -0.4 is 0 Å². The summed E-state index contributed by atoms with van der Waals surface area (Å²) in [5.74, 6) is -0.975. The number of carbonyl (C=O) groups is 1. The molecule has 2 atom stereocenters. The number of carboxylic acid groups (broad SMARTS) is 1. The average Bonchev–Trinajstić information content (AvgIpc) is 2.41. The van der Waals surface area contributed by atoms with Gasteiger partial charge in [-0.2, -0.15) is 0 Å². The van der Waals surface area contributed by atoms with Crippen LogP contribution in [0.5, 0.6) is 5.75 Å². The second-order valence-corrected chi connectivity index (χ2v) is 5.87. The largest absolute Gasteiger partial charge is 0.508 e. The summed E-state index contributed by atoms with van der Waals surface area (Å²) >= 11 is 3.42. The number of hydrogen-bond donors (Lipinski definition) is 2. The van der Waals surface area contributed by atoms with E-state index in [1.54, 1.807) is 19.1 Å². The Balaban J connectivity index is 3.02. The lowest BCUT2D eigenvalue weighted by Gasteiger charge is -2.32. The zero-order valence-corrected chi connectivity index (χ0v) is 13.7. The molecule has 20 heavy (non-hydrogen) atoms. The van der Waals surface area contributed by atoms with Crippen LogP contribution in [-0.4, -0.2) is 34.2 Å². The van der Waals surface area contributed by atoms with E-state index in [0.717, 1.165) is 23.0 Å². The van der Waals surface area contributed by atoms with Crippen molar-refractivity contribution in [2.45, 2.75) is 33.2 Å². The van der Waals surface area contributed by atoms with Crippen LogP contribution in [0.25, 0.3) is 0 Å². The minimum Gasteiger partial charge on any atom is -0.508 e. The van der Waals surface area contributed by atoms with E-state index < -0.39 is 11.9 Å². The first-order valence-corrected chi connectivity index (χ1v) is 7.65. The van der Waals surface area contributed by atoms with Gasteiger partial charge in [-0.25, -0.2) is 0 Å². The molecule has 112 valence electrons. The van der Waals surface area contributed by atoms with E-state index in [-0.39, 0.29) is 11.8 Å². The van der Waals surface area contributed by atoms with Gasteiger partial charge in [0.1, 0.15) is 5.75 Å². The lowest BCUT2D eigenvalue weighted by molar-refractivity contribution is -0.141. The highest BCUT2D eigenvalue weighted by Gasteiger charge is 2.24. The number of rotatable bonds is 7. The summed E-state index contributed by atoms with van der Waals surface area (Å²) in [6.45, 7) is 6.96. The van der Waals surface area contributed by atoms with Crippen molar-refractivity contribution in [2.75, 3.05) is 13.1 Å². The Labute approximate surface area is 128 Å². The van der Waals surface area contributed by atoms with Gasteiger partial charge in [0.15, 0.2) is 0 Å². The van der Waals surface area contributed by atoms with Crippen molar-refractivity contribution in [1.82, 2.24) is 4.90 Å². The van der Waals surface area contributed by atoms with Crippen LogP contribution in [0.3, 0.4) is 0 Å². The maximum absolute atomic E-state index is 11.0. The third-order valence-electron chi connectivity index (χ3n) is 3.51. The summed E-state index contributed by atoms with van der Waals surface area (Å²) in [5, 5.41) is 19.1. The molecule has 1 aromatic carbocycles. The van der Waals surface area contributed by atoms with Gasteiger partial charge in [-0.1, -0.05) is 36.7 Å². The van der Waals surface area contributed by atoms with Crippen molar-refractivity contribution < 1.29 is 15.0 Å². The summed E-state index contributed by atoms with van der Waals surface area (Å²) in [7, 11) is 0. The van der Waals surface area contributed by atoms with E-state index in [4.69, 9.17) is 5.11 Å². The maximum atomic E-state index is 11.0. The number of hydrogen-bond acceptors (Lipinski definition) is 3. The molecule has 0 radical (unpaired) electrons. The second-order valence-electron chi connectivity index (χ2n) is 4.95. The Morgan fingerprint density at radius 2 is 2.05 bits per heavy atom. The van der Waals surface area contributed by atoms with Gasteiger partial charge in [-0.15, -0.1) is 0 Å². The number of phenols is 1. The molecule has 2 unspecified atom stereocenters. The highest BCUT2D eigenvalue weighted by molar-refractivity contribution is 9.10. The molecule has 0 aromatic heterocycles. The number of carboxylic acids is 1. The molecule has 1 aromatic rings. The van der Waals surface area contributed by atoms with E-state index in [1.807, 2.05) is 19.9 Å². The highest BCUT2D eigenvalue weighted by Crippen LogP contribution is 2.33. The number of phenolic OH excluding ortho intramolecular Hbond substituents is 1. The van der Waals surface area contributed by atoms with Crippen LogP contribution in [0.2, 0.25) is 0 Å². The lowest BCUT2D eigenvalue weighted by Crippen LogP contribution is -2.35. The monoisotopic (exact) mass is 343 g/mol. The lowest BCUT2D eigenvalue weighted by atomic mass is 10.00. The van der Waals surface area contributed by atoms with Crippen molar-refractivity contribution in [3.8, 4) is 5.75 Å². The smallest absolute Gasteiger partial charge is 0.307 e. The Morgan fingerprint density at radius 3 is 2.55 bits per heavy atom. The van der Waals surface area contributed by atoms with Gasteiger partial charge in [-0.05, 0) is 31.2 Å². The van der Waals surface area contributed by atoms with Crippen molar-refractivity contribution >= 4 is 21.9 Å². The van der Waals surface area contributed by atoms with Crippen LogP contribution in [-0.2, 0) is 4.79 Å². The van der Waals surface area contributed by atoms with E-state index in [1.165, 1.54) is 0 Å². The first kappa shape index (κ1) is 17.0. The molecule has 4 nitrogen and oxygen atoms in total. The fourth-order valence-corrected chi connectivity index (χ4v) is 2.75. The Kier molecular flexibility index (Phi) is 6.49. The standard InChI is InChI=1S/C15H22BrNO3/c1-4-13(12-8-11(16)6-7-14(12)18)17(5-2)9-10(3)15(19)20/h6-8,10,13,18H,4-5,9H2,1-3H3,(H,19,20). The Hall–Kier alpha value is -1.07. The van der Waals surface area contributed by atoms with Gasteiger partial charge in [0.25, 0.3) is 0 Å². The minimum absolute atomic E-state index is 0.0132. The third-order valence-corrected chi connectivity index (χ3v) is 4.01. The SMILES string of the molecule is CCC(c1cc(Br)ccc1O)N(CC)CC(C)C(=O)O. The van der Waals surface area contributed by atoms with Crippen LogP contribution in [0, 0.1) is 5.92 Å². The highest BCUT2D eigenvalue weighted by atomic mass is 79.9. The molecule has 0 spiro atoms. The first-order chi connectivity index (χ1) is 9.40. The van der Waals surface area contributed by atoms with Crippen molar-refractivity contribution in [1.29, 1.82) is 0 Å². The van der Waals surface area contributed by atoms with Gasteiger partial charge >= 0.3 is 5.97 Å². The van der Waals surface area contributed by atoms with Crippen molar-refractivity contribution in [3.05, 3.63) is 28.2 Å². The van der Waals surface area contributed by atoms with Gasteiger partial charge < -0.3 is 10.2 Å². The van der Waals surface area contributed by atoms with E-state index in [0.29, 0.717) is 6.54 Å². The minimum atomic E-state index is -0.795. The molecule has 0 fully saturated rings. The fraction of sp³-hybridized carbons (Fsp3) is 0.533. The topological polar surface area (TPSA) is 60.8 Å². The van der Waals surface area contributed by atoms with Crippen molar-refractivity contribution in [3.63, 3.8) is 0 Å². The maximum Gasteiger partial charge on any atom is 0.307 e. The molecule has 0 aliphatic heterocycles. The van der Waals surface area contributed by atoms with Crippen LogP contribution in [0.4, 0.5) is 0 Å². The summed E-state index contributed by atoms with van der Waals surface area (Å²) in [5.41, 5.74) is 0.835. The molecule has 0 aliphatic carbocycles. The molecule has 0 bridgehead atoms. The van der Waals surface area contributed by atoms with Crippen LogP contribution in [0.15, 0.2) is 22.7 Å². The van der Waals surface area contributed by atoms with Gasteiger partial charge in [0.05, 0.1) is 5.92 Å². The molecule has 0 saturated heterocycles. The normalized spacial score (nSPS) is 14.2. The summed E-state index contributed by atoms with van der Waals surface area (Å²) in [6, 6.07) is 5.37. The summed E-state index contributed by atoms with van der Waals surface area (Å²) in [4.78, 5) is 13.1. The Morgan fingerprint density at radius 1 is 1.40 bits per heavy atom. The van der Waals surface area contributed by atoms with Crippen LogP contribution in [0.1, 0.15) is 38.8 Å².